The van der Waals surface area contributed by atoms with Crippen LogP contribution < -0.4 is 10.1 Å². The van der Waals surface area contributed by atoms with Gasteiger partial charge in [0.15, 0.2) is 5.58 Å². The Kier molecular flexibility index (Phi) is 6.25. The summed E-state index contributed by atoms with van der Waals surface area (Å²) in [6.45, 7) is 1.93. The number of nitrogens with zero attached hydrogens (tertiary/aromatic N) is 1. The predicted molar refractivity (Wildman–Crippen MR) is 130 cm³/mol. The average molecular weight is 542 g/mol. The summed E-state index contributed by atoms with van der Waals surface area (Å²) in [4.78, 5) is 17.2. The third-order valence-corrected chi connectivity index (χ3v) is 5.82. The number of ether oxygens (including phenoxy) is 1. The molecule has 0 saturated heterocycles. The lowest BCUT2D eigenvalue weighted by Crippen LogP contribution is -2.09. The highest BCUT2D eigenvalue weighted by Gasteiger charge is 2.14. The van der Waals surface area contributed by atoms with Crippen LogP contribution in [0.15, 0.2) is 74.0 Å². The number of hydrogen-bond donors (Lipinski definition) is 1. The molecule has 0 saturated carbocycles. The number of hydrogen-bond acceptors (Lipinski definition) is 4. The van der Waals surface area contributed by atoms with Gasteiger partial charge in [-0.2, -0.15) is 0 Å². The van der Waals surface area contributed by atoms with Gasteiger partial charge in [0.1, 0.15) is 11.3 Å². The zero-order valence-corrected chi connectivity index (χ0v) is 20.0. The molecule has 31 heavy (non-hydrogen) atoms. The number of aromatic nitrogens is 1. The van der Waals surface area contributed by atoms with Crippen molar-refractivity contribution in [1.29, 1.82) is 0 Å². The molecule has 0 spiro atoms. The standard InChI is InChI=1S/C24H18Br2N2O3/c1-14-17(24-28-20-7-3-4-9-21(20)31-24)6-5-8-19(14)27-22(29)11-10-15-12-16(25)13-18(26)23(15)30-2/h3-13H,1-2H3,(H,27,29)/b11-10+. The Hall–Kier alpha value is -2.90. The van der Waals surface area contributed by atoms with Crippen molar-refractivity contribution < 1.29 is 13.9 Å². The molecule has 0 fully saturated rings. The van der Waals surface area contributed by atoms with E-state index in [-0.39, 0.29) is 5.91 Å². The summed E-state index contributed by atoms with van der Waals surface area (Å²) in [5, 5.41) is 2.93. The van der Waals surface area contributed by atoms with Crippen molar-refractivity contribution >= 4 is 60.6 Å². The van der Waals surface area contributed by atoms with E-state index < -0.39 is 0 Å². The Labute approximate surface area is 196 Å². The number of anilines is 1. The second kappa shape index (κ2) is 9.08. The lowest BCUT2D eigenvalue weighted by atomic mass is 10.1. The van der Waals surface area contributed by atoms with E-state index in [9.17, 15) is 4.79 Å². The molecule has 0 aliphatic heterocycles. The van der Waals surface area contributed by atoms with E-state index in [1.54, 1.807) is 13.2 Å². The van der Waals surface area contributed by atoms with Crippen LogP contribution in [0.5, 0.6) is 5.75 Å². The quantitative estimate of drug-likeness (QED) is 0.276. The number of benzene rings is 3. The highest BCUT2D eigenvalue weighted by Crippen LogP contribution is 2.34. The van der Waals surface area contributed by atoms with Gasteiger partial charge in [0.05, 0.1) is 11.6 Å². The molecule has 1 aromatic heterocycles. The Morgan fingerprint density at radius 1 is 1.13 bits per heavy atom. The first-order chi connectivity index (χ1) is 15.0. The van der Waals surface area contributed by atoms with E-state index >= 15 is 0 Å². The maximum atomic E-state index is 12.6. The smallest absolute Gasteiger partial charge is 0.248 e. The van der Waals surface area contributed by atoms with E-state index in [0.717, 1.165) is 36.7 Å². The first-order valence-electron chi connectivity index (χ1n) is 9.44. The molecule has 0 aliphatic rings. The van der Waals surface area contributed by atoms with Gasteiger partial charge < -0.3 is 14.5 Å². The Balaban J connectivity index is 1.58. The van der Waals surface area contributed by atoms with Crippen LogP contribution in [0.1, 0.15) is 11.1 Å². The van der Waals surface area contributed by atoms with Crippen LogP contribution in [0.3, 0.4) is 0 Å². The van der Waals surface area contributed by atoms with Crippen molar-refractivity contribution in [3.05, 3.63) is 80.7 Å². The monoisotopic (exact) mass is 540 g/mol. The zero-order valence-electron chi connectivity index (χ0n) is 16.8. The van der Waals surface area contributed by atoms with E-state index in [4.69, 9.17) is 9.15 Å². The van der Waals surface area contributed by atoms with E-state index in [2.05, 4.69) is 42.2 Å². The molecular formula is C24H18Br2N2O3. The van der Waals surface area contributed by atoms with Gasteiger partial charge in [0, 0.05) is 27.4 Å². The van der Waals surface area contributed by atoms with Crippen LogP contribution >= 0.6 is 31.9 Å². The molecule has 5 nitrogen and oxygen atoms in total. The molecule has 0 bridgehead atoms. The molecule has 1 amide bonds. The topological polar surface area (TPSA) is 64.4 Å². The van der Waals surface area contributed by atoms with Gasteiger partial charge in [-0.1, -0.05) is 34.1 Å². The highest BCUT2D eigenvalue weighted by atomic mass is 79.9. The molecule has 7 heteroatoms. The highest BCUT2D eigenvalue weighted by molar-refractivity contribution is 9.11. The van der Waals surface area contributed by atoms with Gasteiger partial charge in [-0.15, -0.1) is 0 Å². The van der Waals surface area contributed by atoms with Crippen molar-refractivity contribution in [3.63, 3.8) is 0 Å². The summed E-state index contributed by atoms with van der Waals surface area (Å²) in [5.74, 6) is 0.923. The van der Waals surface area contributed by atoms with Crippen LogP contribution in [-0.2, 0) is 4.79 Å². The molecule has 0 aliphatic carbocycles. The summed E-state index contributed by atoms with van der Waals surface area (Å²) < 4.78 is 13.0. The molecular weight excluding hydrogens is 524 g/mol. The number of nitrogens with one attached hydrogen (secondary N) is 1. The number of methoxy groups -OCH3 is 1. The van der Waals surface area contributed by atoms with Crippen LogP contribution in [0, 0.1) is 6.92 Å². The number of carbonyl (C=O) groups excluding carboxylic acids is 1. The van der Waals surface area contributed by atoms with Crippen LogP contribution in [-0.4, -0.2) is 18.0 Å². The van der Waals surface area contributed by atoms with Crippen LogP contribution in [0.25, 0.3) is 28.6 Å². The Bertz CT molecular complexity index is 1280. The van der Waals surface area contributed by atoms with Crippen LogP contribution in [0.4, 0.5) is 5.69 Å². The van der Waals surface area contributed by atoms with Crippen molar-refractivity contribution in [1.82, 2.24) is 4.98 Å². The fourth-order valence-corrected chi connectivity index (χ4v) is 4.67. The van der Waals surface area contributed by atoms with Gasteiger partial charge in [0.25, 0.3) is 0 Å². The number of oxazole rings is 1. The lowest BCUT2D eigenvalue weighted by molar-refractivity contribution is -0.111. The SMILES string of the molecule is COc1c(Br)cc(Br)cc1/C=C/C(=O)Nc1cccc(-c2nc3ccccc3o2)c1C. The fraction of sp³-hybridized carbons (Fsp3) is 0.0833. The molecule has 0 atom stereocenters. The fourth-order valence-electron chi connectivity index (χ4n) is 3.25. The second-order valence-corrected chi connectivity index (χ2v) is 8.57. The molecule has 4 aromatic rings. The molecule has 4 rings (SSSR count). The van der Waals surface area contributed by atoms with Gasteiger partial charge in [-0.3, -0.25) is 4.79 Å². The largest absolute Gasteiger partial charge is 0.495 e. The summed E-state index contributed by atoms with van der Waals surface area (Å²) in [6, 6.07) is 17.0. The first-order valence-corrected chi connectivity index (χ1v) is 11.0. The average Bonchev–Trinajstić information content (AvgIpc) is 3.17. The predicted octanol–water partition coefficient (Wildman–Crippen LogP) is 6.99. The maximum absolute atomic E-state index is 12.6. The van der Waals surface area contributed by atoms with Gasteiger partial charge in [-0.25, -0.2) is 4.98 Å². The number of amides is 1. The minimum atomic E-state index is -0.254. The molecule has 0 radical (unpaired) electrons. The minimum absolute atomic E-state index is 0.254. The number of halogens is 2. The summed E-state index contributed by atoms with van der Waals surface area (Å²) in [7, 11) is 1.59. The van der Waals surface area contributed by atoms with Gasteiger partial charge >= 0.3 is 0 Å². The van der Waals surface area contributed by atoms with Crippen molar-refractivity contribution in [2.45, 2.75) is 6.92 Å². The Morgan fingerprint density at radius 3 is 2.71 bits per heavy atom. The lowest BCUT2D eigenvalue weighted by Gasteiger charge is -2.10. The molecule has 1 heterocycles. The molecule has 3 aromatic carbocycles. The second-order valence-electron chi connectivity index (χ2n) is 6.80. The minimum Gasteiger partial charge on any atom is -0.495 e. The normalized spacial score (nSPS) is 11.2. The van der Waals surface area contributed by atoms with Crippen molar-refractivity contribution in [3.8, 4) is 17.2 Å². The first kappa shape index (κ1) is 21.3. The third-order valence-electron chi connectivity index (χ3n) is 4.77. The molecule has 156 valence electrons. The van der Waals surface area contributed by atoms with E-state index in [0.29, 0.717) is 17.3 Å². The van der Waals surface area contributed by atoms with E-state index in [1.165, 1.54) is 6.08 Å². The summed E-state index contributed by atoms with van der Waals surface area (Å²) in [6.07, 6.45) is 3.19. The molecule has 0 unspecified atom stereocenters. The maximum Gasteiger partial charge on any atom is 0.248 e. The zero-order chi connectivity index (χ0) is 22.0. The number of fused-ring (bicyclic) bond motifs is 1. The van der Waals surface area contributed by atoms with Crippen LogP contribution in [0.2, 0.25) is 0 Å². The number of carbonyl (C=O) groups is 1. The summed E-state index contributed by atoms with van der Waals surface area (Å²) in [5.41, 5.74) is 4.69. The van der Waals surface area contributed by atoms with Gasteiger partial charge in [-0.05, 0) is 70.9 Å². The van der Waals surface area contributed by atoms with E-state index in [1.807, 2.05) is 61.5 Å². The molecule has 1 N–H and O–H groups in total. The Morgan fingerprint density at radius 2 is 1.94 bits per heavy atom. The van der Waals surface area contributed by atoms with Crippen molar-refractivity contribution in [2.24, 2.45) is 0 Å². The van der Waals surface area contributed by atoms with Crippen molar-refractivity contribution in [2.75, 3.05) is 12.4 Å². The third kappa shape index (κ3) is 4.57. The number of para-hydroxylation sites is 2. The number of rotatable bonds is 5. The summed E-state index contributed by atoms with van der Waals surface area (Å²) >= 11 is 6.92. The van der Waals surface area contributed by atoms with Gasteiger partial charge in [0.2, 0.25) is 11.8 Å².